The Hall–Kier alpha value is -1.06. The van der Waals surface area contributed by atoms with Crippen molar-refractivity contribution in [3.8, 4) is 6.07 Å². The lowest BCUT2D eigenvalue weighted by Gasteiger charge is -2.12. The van der Waals surface area contributed by atoms with E-state index < -0.39 is 6.43 Å². The molecule has 80 valence electrons. The number of pyridine rings is 1. The molecular formula is C9H8BrF2N3. The van der Waals surface area contributed by atoms with Crippen LogP contribution in [-0.4, -0.2) is 4.98 Å². The Kier molecular flexibility index (Phi) is 4.12. The molecule has 0 radical (unpaired) electrons. The van der Waals surface area contributed by atoms with E-state index in [2.05, 4.69) is 20.9 Å². The molecule has 1 aromatic rings. The van der Waals surface area contributed by atoms with Gasteiger partial charge >= 0.3 is 0 Å². The van der Waals surface area contributed by atoms with Crippen molar-refractivity contribution in [1.29, 1.82) is 5.26 Å². The van der Waals surface area contributed by atoms with Gasteiger partial charge in [-0.25, -0.2) is 8.78 Å². The van der Waals surface area contributed by atoms with E-state index in [1.165, 1.54) is 6.20 Å². The maximum Gasteiger partial charge on any atom is 0.265 e. The molecule has 0 saturated heterocycles. The van der Waals surface area contributed by atoms with Crippen LogP contribution in [0.3, 0.4) is 0 Å². The molecule has 0 fully saturated rings. The largest absolute Gasteiger partial charge is 0.326 e. The zero-order valence-electron chi connectivity index (χ0n) is 7.67. The molecule has 0 bridgehead atoms. The summed E-state index contributed by atoms with van der Waals surface area (Å²) in [6, 6.07) is 1.80. The van der Waals surface area contributed by atoms with E-state index in [-0.39, 0.29) is 24.2 Å². The quantitative estimate of drug-likeness (QED) is 0.921. The number of rotatable bonds is 3. The molecule has 0 saturated carbocycles. The lowest BCUT2D eigenvalue weighted by Crippen LogP contribution is -2.08. The van der Waals surface area contributed by atoms with Crippen LogP contribution in [0.25, 0.3) is 0 Å². The zero-order valence-corrected chi connectivity index (χ0v) is 9.26. The predicted octanol–water partition coefficient (Wildman–Crippen LogP) is 2.31. The number of alkyl halides is 2. The molecule has 0 spiro atoms. The topological polar surface area (TPSA) is 62.7 Å². The standard InChI is InChI=1S/C9H8BrF2N3/c10-6-4-15-7(1-2-13)8(9(11)12)5(6)3-14/h4,9H,1,3,14H2. The van der Waals surface area contributed by atoms with Crippen molar-refractivity contribution in [2.24, 2.45) is 5.73 Å². The molecule has 1 heterocycles. The van der Waals surface area contributed by atoms with Crippen LogP contribution in [0.1, 0.15) is 23.2 Å². The first-order chi connectivity index (χ1) is 7.11. The van der Waals surface area contributed by atoms with Crippen LogP contribution in [0.4, 0.5) is 8.78 Å². The van der Waals surface area contributed by atoms with E-state index in [0.717, 1.165) is 0 Å². The average Bonchev–Trinajstić information content (AvgIpc) is 2.20. The summed E-state index contributed by atoms with van der Waals surface area (Å²) in [7, 11) is 0. The summed E-state index contributed by atoms with van der Waals surface area (Å²) in [4.78, 5) is 3.79. The van der Waals surface area contributed by atoms with Gasteiger partial charge in [0, 0.05) is 22.8 Å². The van der Waals surface area contributed by atoms with Gasteiger partial charge in [-0.05, 0) is 21.5 Å². The van der Waals surface area contributed by atoms with Crippen molar-refractivity contribution in [3.05, 3.63) is 27.5 Å². The predicted molar refractivity (Wildman–Crippen MR) is 54.1 cm³/mol. The minimum atomic E-state index is -2.67. The summed E-state index contributed by atoms with van der Waals surface area (Å²) < 4.78 is 26.0. The van der Waals surface area contributed by atoms with Crippen LogP contribution >= 0.6 is 15.9 Å². The van der Waals surface area contributed by atoms with Crippen molar-refractivity contribution in [1.82, 2.24) is 4.98 Å². The lowest BCUT2D eigenvalue weighted by atomic mass is 10.1. The molecule has 0 amide bonds. The van der Waals surface area contributed by atoms with Crippen molar-refractivity contribution >= 4 is 15.9 Å². The van der Waals surface area contributed by atoms with Gasteiger partial charge in [-0.2, -0.15) is 5.26 Å². The summed E-state index contributed by atoms with van der Waals surface area (Å²) in [5, 5.41) is 8.48. The Labute approximate surface area is 94.0 Å². The van der Waals surface area contributed by atoms with E-state index in [9.17, 15) is 8.78 Å². The number of aromatic nitrogens is 1. The molecule has 2 N–H and O–H groups in total. The highest BCUT2D eigenvalue weighted by atomic mass is 79.9. The van der Waals surface area contributed by atoms with Gasteiger partial charge in [-0.15, -0.1) is 0 Å². The number of nitriles is 1. The normalized spacial score (nSPS) is 10.4. The Morgan fingerprint density at radius 3 is 2.73 bits per heavy atom. The summed E-state index contributed by atoms with van der Waals surface area (Å²) in [5.41, 5.74) is 5.56. The van der Waals surface area contributed by atoms with Crippen molar-refractivity contribution in [2.75, 3.05) is 0 Å². The fourth-order valence-electron chi connectivity index (χ4n) is 1.27. The number of halogens is 3. The van der Waals surface area contributed by atoms with Crippen LogP contribution in [0.2, 0.25) is 0 Å². The minimum absolute atomic E-state index is 0.0127. The smallest absolute Gasteiger partial charge is 0.265 e. The third kappa shape index (κ3) is 2.49. The summed E-state index contributed by atoms with van der Waals surface area (Å²) in [6.45, 7) is -0.0127. The zero-order chi connectivity index (χ0) is 11.4. The van der Waals surface area contributed by atoms with Crippen molar-refractivity contribution < 1.29 is 8.78 Å². The van der Waals surface area contributed by atoms with Crippen LogP contribution in [-0.2, 0) is 13.0 Å². The van der Waals surface area contributed by atoms with Gasteiger partial charge < -0.3 is 5.73 Å². The van der Waals surface area contributed by atoms with Crippen LogP contribution in [0, 0.1) is 11.3 Å². The van der Waals surface area contributed by atoms with E-state index in [1.807, 2.05) is 0 Å². The molecule has 0 unspecified atom stereocenters. The SMILES string of the molecule is N#CCc1ncc(Br)c(CN)c1C(F)F. The van der Waals surface area contributed by atoms with Gasteiger partial charge in [0.2, 0.25) is 0 Å². The molecule has 0 aromatic carbocycles. The molecule has 6 heteroatoms. The molecule has 0 aliphatic heterocycles. The Morgan fingerprint density at radius 2 is 2.27 bits per heavy atom. The Bertz CT molecular complexity index is 401. The second-order valence-corrected chi connectivity index (χ2v) is 3.64. The monoisotopic (exact) mass is 275 g/mol. The fourth-order valence-corrected chi connectivity index (χ4v) is 1.74. The molecule has 0 atom stereocenters. The lowest BCUT2D eigenvalue weighted by molar-refractivity contribution is 0.148. The second-order valence-electron chi connectivity index (χ2n) is 2.78. The molecule has 3 nitrogen and oxygen atoms in total. The van der Waals surface area contributed by atoms with E-state index in [0.29, 0.717) is 10.0 Å². The molecule has 0 aliphatic rings. The summed E-state index contributed by atoms with van der Waals surface area (Å²) in [6.07, 6.45) is -1.42. The molecule has 1 aromatic heterocycles. The maximum atomic E-state index is 12.8. The number of hydrogen-bond donors (Lipinski definition) is 1. The molecular weight excluding hydrogens is 268 g/mol. The van der Waals surface area contributed by atoms with Gasteiger partial charge in [0.1, 0.15) is 0 Å². The summed E-state index contributed by atoms with van der Waals surface area (Å²) in [5.74, 6) is 0. The van der Waals surface area contributed by atoms with Crippen molar-refractivity contribution in [2.45, 2.75) is 19.4 Å². The average molecular weight is 276 g/mol. The molecule has 0 aliphatic carbocycles. The van der Waals surface area contributed by atoms with Gasteiger partial charge in [0.05, 0.1) is 18.2 Å². The fraction of sp³-hybridized carbons (Fsp3) is 0.333. The van der Waals surface area contributed by atoms with Crippen LogP contribution < -0.4 is 5.73 Å². The molecule has 1 rings (SSSR count). The van der Waals surface area contributed by atoms with E-state index in [1.54, 1.807) is 6.07 Å². The Morgan fingerprint density at radius 1 is 1.60 bits per heavy atom. The third-order valence-corrected chi connectivity index (χ3v) is 2.61. The maximum absolute atomic E-state index is 12.8. The van der Waals surface area contributed by atoms with Crippen LogP contribution in [0.15, 0.2) is 10.7 Å². The van der Waals surface area contributed by atoms with E-state index >= 15 is 0 Å². The number of nitrogens with zero attached hydrogens (tertiary/aromatic N) is 2. The van der Waals surface area contributed by atoms with Crippen LogP contribution in [0.5, 0.6) is 0 Å². The first-order valence-electron chi connectivity index (χ1n) is 4.13. The first-order valence-corrected chi connectivity index (χ1v) is 4.92. The minimum Gasteiger partial charge on any atom is -0.326 e. The van der Waals surface area contributed by atoms with E-state index in [4.69, 9.17) is 11.0 Å². The van der Waals surface area contributed by atoms with Gasteiger partial charge in [-0.1, -0.05) is 0 Å². The summed E-state index contributed by atoms with van der Waals surface area (Å²) >= 11 is 3.10. The van der Waals surface area contributed by atoms with Gasteiger partial charge in [0.15, 0.2) is 0 Å². The van der Waals surface area contributed by atoms with Gasteiger partial charge in [0.25, 0.3) is 6.43 Å². The highest BCUT2D eigenvalue weighted by Gasteiger charge is 2.20. The van der Waals surface area contributed by atoms with Crippen molar-refractivity contribution in [3.63, 3.8) is 0 Å². The second kappa shape index (κ2) is 5.14. The van der Waals surface area contributed by atoms with Gasteiger partial charge in [-0.3, -0.25) is 4.98 Å². The number of nitrogens with two attached hydrogens (primary N) is 1. The number of hydrogen-bond acceptors (Lipinski definition) is 3. The highest BCUT2D eigenvalue weighted by Crippen LogP contribution is 2.30. The third-order valence-electron chi connectivity index (χ3n) is 1.93. The Balaban J connectivity index is 3.36. The molecule has 15 heavy (non-hydrogen) atoms. The first kappa shape index (κ1) is 12.0. The highest BCUT2D eigenvalue weighted by molar-refractivity contribution is 9.10.